The summed E-state index contributed by atoms with van der Waals surface area (Å²) in [5.41, 5.74) is 12.8. The summed E-state index contributed by atoms with van der Waals surface area (Å²) in [6.45, 7) is -0.314. The lowest BCUT2D eigenvalue weighted by Gasteiger charge is -2.31. The minimum absolute atomic E-state index is 0.0123. The average Bonchev–Trinajstić information content (AvgIpc) is 4.14. The van der Waals surface area contributed by atoms with Gasteiger partial charge in [-0.25, -0.2) is 14.8 Å². The van der Waals surface area contributed by atoms with E-state index in [1.165, 1.54) is 4.90 Å². The van der Waals surface area contributed by atoms with Gasteiger partial charge in [0.1, 0.15) is 23.9 Å². The first-order valence-electron chi connectivity index (χ1n) is 23.1. The van der Waals surface area contributed by atoms with Crippen LogP contribution in [0.5, 0.6) is 5.75 Å². The van der Waals surface area contributed by atoms with E-state index in [0.717, 1.165) is 61.2 Å². The quantitative estimate of drug-likeness (QED) is 0.123. The molecule has 9 nitrogen and oxygen atoms in total. The number of ether oxygens (including phenoxy) is 1. The number of carboxylic acid groups (broad SMARTS) is 1. The Labute approximate surface area is 435 Å². The van der Waals surface area contributed by atoms with E-state index in [-0.39, 0.29) is 25.3 Å². The zero-order chi connectivity index (χ0) is 49.6. The largest absolute Gasteiger partial charge is 0.497 e. The van der Waals surface area contributed by atoms with Crippen LogP contribution in [0, 0.1) is 0 Å². The van der Waals surface area contributed by atoms with Crippen molar-refractivity contribution in [1.82, 2.24) is 24.0 Å². The fraction of sp³-hybridized carbons (Fsp3) is 0.0847. The van der Waals surface area contributed by atoms with Gasteiger partial charge in [-0.3, -0.25) is 9.36 Å². The minimum atomic E-state index is -1.61. The van der Waals surface area contributed by atoms with E-state index in [0.29, 0.717) is 54.2 Å². The molecule has 0 saturated carbocycles. The number of aromatic nitrogens is 4. The summed E-state index contributed by atoms with van der Waals surface area (Å²) in [6, 6.07) is 50.2. The number of halogens is 4. The van der Waals surface area contributed by atoms with Crippen LogP contribution >= 0.6 is 46.4 Å². The number of imidazole rings is 2. The van der Waals surface area contributed by atoms with E-state index in [2.05, 4.69) is 36.4 Å². The van der Waals surface area contributed by atoms with Gasteiger partial charge in [0.05, 0.1) is 28.5 Å². The molecule has 2 heterocycles. The fourth-order valence-electron chi connectivity index (χ4n) is 9.81. The molecule has 0 aliphatic heterocycles. The van der Waals surface area contributed by atoms with Crippen molar-refractivity contribution in [1.29, 1.82) is 0 Å². The molecule has 11 rings (SSSR count). The molecular weight excluding hydrogens is 984 g/mol. The van der Waals surface area contributed by atoms with Crippen LogP contribution < -0.4 is 4.74 Å². The van der Waals surface area contributed by atoms with E-state index in [4.69, 9.17) is 61.1 Å². The van der Waals surface area contributed by atoms with Gasteiger partial charge in [0, 0.05) is 40.1 Å². The summed E-state index contributed by atoms with van der Waals surface area (Å²) in [5, 5.41) is 13.2. The lowest BCUT2D eigenvalue weighted by Crippen LogP contribution is -2.45. The van der Waals surface area contributed by atoms with E-state index >= 15 is 4.79 Å². The minimum Gasteiger partial charge on any atom is -0.497 e. The molecule has 7 aromatic carbocycles. The Balaban J connectivity index is 1.07. The summed E-state index contributed by atoms with van der Waals surface area (Å²) < 4.78 is 8.85. The SMILES string of the molecule is COc1cccc(CCN(C(=O)Cn2cc(-c3ccc(Cl)cc3Cl)nc2C=C2c3ccccc3-c3ccccc32)C(C(=O)O)n2cc(-c3ccc(Cl)cc3Cl)nc2C=C2c3ccccc3-c3ccccc32)c1. The van der Waals surface area contributed by atoms with Gasteiger partial charge in [-0.2, -0.15) is 0 Å². The number of nitrogens with zero attached hydrogens (tertiary/aromatic N) is 5. The number of methoxy groups -OCH3 is 1. The van der Waals surface area contributed by atoms with Gasteiger partial charge in [-0.15, -0.1) is 0 Å². The third-order valence-electron chi connectivity index (χ3n) is 13.2. The van der Waals surface area contributed by atoms with Crippen LogP contribution in [0.15, 0.2) is 170 Å². The molecular formula is C59H41Cl4N5O4. The molecule has 9 aromatic rings. The molecule has 2 aliphatic carbocycles. The van der Waals surface area contributed by atoms with E-state index < -0.39 is 18.0 Å². The maximum Gasteiger partial charge on any atom is 0.348 e. The Morgan fingerprint density at radius 1 is 0.583 bits per heavy atom. The van der Waals surface area contributed by atoms with Crippen LogP contribution in [0.2, 0.25) is 20.1 Å². The third-order valence-corrected chi connectivity index (χ3v) is 14.3. The highest BCUT2D eigenvalue weighted by atomic mass is 35.5. The molecule has 0 radical (unpaired) electrons. The van der Waals surface area contributed by atoms with Crippen LogP contribution in [-0.4, -0.2) is 54.6 Å². The van der Waals surface area contributed by atoms with E-state index in [1.807, 2.05) is 97.1 Å². The fourth-order valence-corrected chi connectivity index (χ4v) is 10.8. The average molecular weight is 1030 g/mol. The summed E-state index contributed by atoms with van der Waals surface area (Å²) in [7, 11) is 1.59. The Bertz CT molecular complexity index is 3610. The van der Waals surface area contributed by atoms with Gasteiger partial charge in [-0.1, -0.05) is 156 Å². The second-order valence-electron chi connectivity index (χ2n) is 17.5. The van der Waals surface area contributed by atoms with E-state index in [1.54, 1.807) is 65.0 Å². The zero-order valence-corrected chi connectivity index (χ0v) is 41.5. The Morgan fingerprint density at radius 3 is 1.54 bits per heavy atom. The molecule has 1 atom stereocenters. The van der Waals surface area contributed by atoms with Crippen LogP contribution in [0.25, 0.3) is 68.1 Å². The molecule has 354 valence electrons. The summed E-state index contributed by atoms with van der Waals surface area (Å²) in [4.78, 5) is 41.5. The molecule has 1 N–H and O–H groups in total. The number of rotatable bonds is 13. The number of aliphatic carboxylic acids is 1. The molecule has 0 spiro atoms. The number of carbonyl (C=O) groups excluding carboxylic acids is 1. The maximum atomic E-state index is 15.6. The lowest BCUT2D eigenvalue weighted by atomic mass is 10.0. The number of fused-ring (bicyclic) bond motifs is 6. The second-order valence-corrected chi connectivity index (χ2v) is 19.1. The molecule has 1 amide bonds. The molecule has 13 heteroatoms. The predicted molar refractivity (Wildman–Crippen MR) is 288 cm³/mol. The number of amides is 1. The third kappa shape index (κ3) is 8.79. The highest BCUT2D eigenvalue weighted by molar-refractivity contribution is 6.37. The molecule has 0 bridgehead atoms. The van der Waals surface area contributed by atoms with Gasteiger partial charge >= 0.3 is 5.97 Å². The number of hydrogen-bond donors (Lipinski definition) is 1. The molecule has 2 aliphatic rings. The monoisotopic (exact) mass is 1020 g/mol. The molecule has 0 fully saturated rings. The summed E-state index contributed by atoms with van der Waals surface area (Å²) >= 11 is 26.4. The predicted octanol–water partition coefficient (Wildman–Crippen LogP) is 14.5. The first-order chi connectivity index (χ1) is 35.0. The van der Waals surface area contributed by atoms with E-state index in [9.17, 15) is 9.90 Å². The van der Waals surface area contributed by atoms with Crippen LogP contribution in [0.1, 0.15) is 45.6 Å². The zero-order valence-electron chi connectivity index (χ0n) is 38.4. The molecule has 0 saturated heterocycles. The Morgan fingerprint density at radius 2 is 1.06 bits per heavy atom. The van der Waals surface area contributed by atoms with Crippen molar-refractivity contribution >= 4 is 81.6 Å². The van der Waals surface area contributed by atoms with Crippen molar-refractivity contribution in [3.63, 3.8) is 0 Å². The Kier molecular flexibility index (Phi) is 12.7. The number of benzene rings is 7. The van der Waals surface area contributed by atoms with Crippen molar-refractivity contribution in [2.45, 2.75) is 19.1 Å². The van der Waals surface area contributed by atoms with Gasteiger partial charge in [0.15, 0.2) is 0 Å². The number of carbonyl (C=O) groups is 2. The van der Waals surface area contributed by atoms with Crippen molar-refractivity contribution in [2.75, 3.05) is 13.7 Å². The first-order valence-corrected chi connectivity index (χ1v) is 24.6. The van der Waals surface area contributed by atoms with Crippen molar-refractivity contribution in [3.8, 4) is 50.5 Å². The molecule has 2 aromatic heterocycles. The van der Waals surface area contributed by atoms with Crippen LogP contribution in [0.4, 0.5) is 0 Å². The second kappa shape index (κ2) is 19.5. The maximum absolute atomic E-state index is 15.6. The topological polar surface area (TPSA) is 102 Å². The molecule has 1 unspecified atom stereocenters. The summed E-state index contributed by atoms with van der Waals surface area (Å²) in [6.07, 6.45) is 5.94. The van der Waals surface area contributed by atoms with Gasteiger partial charge < -0.3 is 19.3 Å². The highest BCUT2D eigenvalue weighted by Gasteiger charge is 2.35. The van der Waals surface area contributed by atoms with Crippen molar-refractivity contribution in [3.05, 3.63) is 230 Å². The van der Waals surface area contributed by atoms with Gasteiger partial charge in [0.25, 0.3) is 0 Å². The van der Waals surface area contributed by atoms with Crippen LogP contribution in [-0.2, 0) is 22.6 Å². The van der Waals surface area contributed by atoms with Crippen molar-refractivity contribution < 1.29 is 19.4 Å². The normalized spacial score (nSPS) is 12.5. The first kappa shape index (κ1) is 46.7. The van der Waals surface area contributed by atoms with Crippen LogP contribution in [0.3, 0.4) is 0 Å². The Hall–Kier alpha value is -7.66. The van der Waals surface area contributed by atoms with Crippen molar-refractivity contribution in [2.24, 2.45) is 0 Å². The lowest BCUT2D eigenvalue weighted by molar-refractivity contribution is -0.155. The standard InChI is InChI=1S/C59H41Cl4N5O4/c1-72-38-12-10-11-35(27-38)25-26-67(57(69)34-66-32-53(47-23-21-36(60)28-51(47)62)64-55(66)30-49-43-17-6-2-13-39(43)40-14-3-7-18-44(40)49)58(59(70)71)68-33-54(48-24-22-37(61)29-52(48)63)65-56(68)31-50-45-19-8-4-15-41(45)42-16-5-9-20-46(42)50/h2-24,27-33,58H,25-26,34H2,1H3,(H,70,71). The van der Waals surface area contributed by atoms with Gasteiger partial charge in [-0.05, 0) is 128 Å². The molecule has 72 heavy (non-hydrogen) atoms. The number of carboxylic acids is 1. The van der Waals surface area contributed by atoms with Gasteiger partial charge in [0.2, 0.25) is 12.1 Å². The highest BCUT2D eigenvalue weighted by Crippen LogP contribution is 2.47. The summed E-state index contributed by atoms with van der Waals surface area (Å²) in [5.74, 6) is -0.414. The number of hydrogen-bond acceptors (Lipinski definition) is 5. The smallest absolute Gasteiger partial charge is 0.348 e.